The Kier molecular flexibility index (Phi) is 6.08. The second-order valence-corrected chi connectivity index (χ2v) is 5.40. The number of anilines is 3. The quantitative estimate of drug-likeness (QED) is 0.518. The summed E-state index contributed by atoms with van der Waals surface area (Å²) in [6.07, 6.45) is 4.68. The molecule has 3 aromatic rings. The van der Waals surface area contributed by atoms with Gasteiger partial charge >= 0.3 is 0 Å². The Balaban J connectivity index is 1.47. The molecule has 0 aliphatic rings. The molecular weight excluding hydrogens is 346 g/mol. The van der Waals surface area contributed by atoms with Crippen LogP contribution in [0.5, 0.6) is 5.88 Å². The van der Waals surface area contributed by atoms with E-state index in [1.807, 2.05) is 18.2 Å². The van der Waals surface area contributed by atoms with Gasteiger partial charge in [0.2, 0.25) is 5.88 Å². The maximum Gasteiger partial charge on any atom is 0.251 e. The smallest absolute Gasteiger partial charge is 0.251 e. The van der Waals surface area contributed by atoms with Crippen molar-refractivity contribution in [2.45, 2.75) is 0 Å². The van der Waals surface area contributed by atoms with Gasteiger partial charge in [-0.1, -0.05) is 6.07 Å². The van der Waals surface area contributed by atoms with E-state index < -0.39 is 0 Å². The Morgan fingerprint density at radius 2 is 1.85 bits per heavy atom. The van der Waals surface area contributed by atoms with E-state index in [1.165, 1.54) is 19.6 Å². The molecule has 9 heteroatoms. The molecule has 138 valence electrons. The summed E-state index contributed by atoms with van der Waals surface area (Å²) in [5.74, 6) is 2.16. The molecule has 27 heavy (non-hydrogen) atoms. The van der Waals surface area contributed by atoms with Crippen LogP contribution in [0.1, 0.15) is 10.4 Å². The lowest BCUT2D eigenvalue weighted by atomic mass is 10.2. The maximum atomic E-state index is 12.1. The van der Waals surface area contributed by atoms with Crippen molar-refractivity contribution in [1.82, 2.24) is 25.3 Å². The number of methoxy groups -OCH3 is 1. The molecule has 1 amide bonds. The van der Waals surface area contributed by atoms with E-state index in [4.69, 9.17) is 4.74 Å². The lowest BCUT2D eigenvalue weighted by molar-refractivity contribution is 0.0954. The average Bonchev–Trinajstić information content (AvgIpc) is 2.72. The van der Waals surface area contributed by atoms with Gasteiger partial charge < -0.3 is 20.7 Å². The van der Waals surface area contributed by atoms with Gasteiger partial charge in [0.1, 0.15) is 23.8 Å². The van der Waals surface area contributed by atoms with Crippen LogP contribution < -0.4 is 20.7 Å². The molecule has 0 radical (unpaired) electrons. The summed E-state index contributed by atoms with van der Waals surface area (Å²) in [5.41, 5.74) is 0.491. The summed E-state index contributed by atoms with van der Waals surface area (Å²) in [6, 6.07) is 10.6. The number of hydrogen-bond acceptors (Lipinski definition) is 8. The fourth-order valence-electron chi connectivity index (χ4n) is 2.22. The summed E-state index contributed by atoms with van der Waals surface area (Å²) < 4.78 is 5.01. The fraction of sp³-hybridized carbons (Fsp3) is 0.167. The van der Waals surface area contributed by atoms with Crippen molar-refractivity contribution in [1.29, 1.82) is 0 Å². The molecule has 0 saturated heterocycles. The number of carbonyl (C=O) groups excluding carboxylic acids is 1. The van der Waals surface area contributed by atoms with Gasteiger partial charge in [0.25, 0.3) is 5.91 Å². The number of rotatable bonds is 8. The first kappa shape index (κ1) is 18.1. The monoisotopic (exact) mass is 365 g/mol. The molecule has 3 N–H and O–H groups in total. The highest BCUT2D eigenvalue weighted by Gasteiger charge is 2.06. The standard InChI is InChI=1S/C18H19N7O2/c1-27-17-10-13(5-7-21-17)18(26)22-9-8-20-15-11-16(24-12-23-15)25-14-4-2-3-6-19-14/h2-7,10-12H,8-9H2,1H3,(H,22,26)(H2,19,20,23,24,25). The first-order valence-corrected chi connectivity index (χ1v) is 8.27. The number of ether oxygens (including phenoxy) is 1. The van der Waals surface area contributed by atoms with Crippen LogP contribution in [0.2, 0.25) is 0 Å². The van der Waals surface area contributed by atoms with E-state index in [9.17, 15) is 4.79 Å². The van der Waals surface area contributed by atoms with E-state index in [0.717, 1.165) is 0 Å². The fourth-order valence-corrected chi connectivity index (χ4v) is 2.22. The van der Waals surface area contributed by atoms with E-state index in [2.05, 4.69) is 35.9 Å². The van der Waals surface area contributed by atoms with Crippen LogP contribution in [-0.4, -0.2) is 46.0 Å². The highest BCUT2D eigenvalue weighted by atomic mass is 16.5. The van der Waals surface area contributed by atoms with Crippen molar-refractivity contribution in [3.8, 4) is 5.88 Å². The van der Waals surface area contributed by atoms with Gasteiger partial charge in [0.15, 0.2) is 0 Å². The number of carbonyl (C=O) groups is 1. The molecule has 0 aromatic carbocycles. The average molecular weight is 365 g/mol. The van der Waals surface area contributed by atoms with Crippen LogP contribution in [0.4, 0.5) is 17.5 Å². The third kappa shape index (κ3) is 5.36. The van der Waals surface area contributed by atoms with E-state index in [-0.39, 0.29) is 5.91 Å². The number of nitrogens with one attached hydrogen (secondary N) is 3. The molecule has 3 heterocycles. The van der Waals surface area contributed by atoms with Crippen LogP contribution in [0, 0.1) is 0 Å². The largest absolute Gasteiger partial charge is 0.481 e. The Morgan fingerprint density at radius 1 is 0.963 bits per heavy atom. The Hall–Kier alpha value is -3.75. The van der Waals surface area contributed by atoms with Crippen LogP contribution >= 0.6 is 0 Å². The molecule has 0 saturated carbocycles. The first-order valence-electron chi connectivity index (χ1n) is 8.27. The van der Waals surface area contributed by atoms with Gasteiger partial charge in [-0.25, -0.2) is 19.9 Å². The SMILES string of the molecule is COc1cc(C(=O)NCCNc2cc(Nc3ccccn3)ncn2)ccn1. The van der Waals surface area contributed by atoms with E-state index >= 15 is 0 Å². The number of nitrogens with zero attached hydrogens (tertiary/aromatic N) is 4. The normalized spacial score (nSPS) is 10.1. The van der Waals surface area contributed by atoms with Gasteiger partial charge in [-0.3, -0.25) is 4.79 Å². The topological polar surface area (TPSA) is 114 Å². The van der Waals surface area contributed by atoms with Crippen molar-refractivity contribution < 1.29 is 9.53 Å². The zero-order chi connectivity index (χ0) is 18.9. The molecular formula is C18H19N7O2. The molecule has 0 bridgehead atoms. The van der Waals surface area contributed by atoms with Crippen LogP contribution in [0.25, 0.3) is 0 Å². The Morgan fingerprint density at radius 3 is 2.67 bits per heavy atom. The van der Waals surface area contributed by atoms with Crippen molar-refractivity contribution in [3.63, 3.8) is 0 Å². The molecule has 0 unspecified atom stereocenters. The van der Waals surface area contributed by atoms with Gasteiger partial charge in [0.05, 0.1) is 7.11 Å². The minimum Gasteiger partial charge on any atom is -0.481 e. The number of pyridine rings is 2. The van der Waals surface area contributed by atoms with Crippen LogP contribution in [0.3, 0.4) is 0 Å². The minimum atomic E-state index is -0.197. The lowest BCUT2D eigenvalue weighted by Crippen LogP contribution is -2.29. The van der Waals surface area contributed by atoms with Crippen LogP contribution in [0.15, 0.2) is 55.1 Å². The van der Waals surface area contributed by atoms with Crippen molar-refractivity contribution in [2.24, 2.45) is 0 Å². The molecule has 3 aromatic heterocycles. The molecule has 0 fully saturated rings. The first-order chi connectivity index (χ1) is 13.2. The van der Waals surface area contributed by atoms with Gasteiger partial charge in [-0.05, 0) is 18.2 Å². The number of amides is 1. The predicted octanol–water partition coefficient (Wildman–Crippen LogP) is 1.86. The minimum absolute atomic E-state index is 0.197. The molecule has 9 nitrogen and oxygen atoms in total. The van der Waals surface area contributed by atoms with E-state index in [0.29, 0.717) is 42.0 Å². The summed E-state index contributed by atoms with van der Waals surface area (Å²) in [6.45, 7) is 0.935. The Bertz CT molecular complexity index is 890. The zero-order valence-corrected chi connectivity index (χ0v) is 14.7. The second-order valence-electron chi connectivity index (χ2n) is 5.40. The number of hydrogen-bond donors (Lipinski definition) is 3. The molecule has 3 rings (SSSR count). The van der Waals surface area contributed by atoms with Crippen molar-refractivity contribution in [2.75, 3.05) is 30.8 Å². The molecule has 0 atom stereocenters. The second kappa shape index (κ2) is 9.09. The predicted molar refractivity (Wildman–Crippen MR) is 101 cm³/mol. The summed E-state index contributed by atoms with van der Waals surface area (Å²) in [5, 5.41) is 9.05. The van der Waals surface area contributed by atoms with Crippen molar-refractivity contribution >= 4 is 23.4 Å². The van der Waals surface area contributed by atoms with Crippen molar-refractivity contribution in [3.05, 3.63) is 60.7 Å². The molecule has 0 spiro atoms. The summed E-state index contributed by atoms with van der Waals surface area (Å²) in [4.78, 5) is 28.6. The zero-order valence-electron chi connectivity index (χ0n) is 14.7. The van der Waals surface area contributed by atoms with Crippen LogP contribution in [-0.2, 0) is 0 Å². The highest BCUT2D eigenvalue weighted by molar-refractivity contribution is 5.94. The molecule has 0 aliphatic heterocycles. The van der Waals surface area contributed by atoms with E-state index in [1.54, 1.807) is 24.4 Å². The van der Waals surface area contributed by atoms with Gasteiger partial charge in [0, 0.05) is 43.2 Å². The number of aromatic nitrogens is 4. The third-order valence-electron chi connectivity index (χ3n) is 3.51. The highest BCUT2D eigenvalue weighted by Crippen LogP contribution is 2.13. The third-order valence-corrected chi connectivity index (χ3v) is 3.51. The lowest BCUT2D eigenvalue weighted by Gasteiger charge is -2.09. The summed E-state index contributed by atoms with van der Waals surface area (Å²) in [7, 11) is 1.51. The maximum absolute atomic E-state index is 12.1. The molecule has 0 aliphatic carbocycles. The van der Waals surface area contributed by atoms with Gasteiger partial charge in [-0.2, -0.15) is 0 Å². The van der Waals surface area contributed by atoms with Gasteiger partial charge in [-0.15, -0.1) is 0 Å². The summed E-state index contributed by atoms with van der Waals surface area (Å²) >= 11 is 0. The Labute approximate surface area is 156 Å².